The number of benzene rings is 1. The fourth-order valence-electron chi connectivity index (χ4n) is 2.12. The highest BCUT2D eigenvalue weighted by Crippen LogP contribution is 2.37. The average molecular weight is 410 g/mol. The van der Waals surface area contributed by atoms with Crippen molar-refractivity contribution in [2.75, 3.05) is 32.5 Å². The van der Waals surface area contributed by atoms with E-state index < -0.39 is 46.3 Å². The van der Waals surface area contributed by atoms with E-state index >= 15 is 0 Å². The average Bonchev–Trinajstić information content (AvgIpc) is 2.58. The minimum absolute atomic E-state index is 0.244. The normalized spacial score (nSPS) is 14.7. The SMILES string of the molecule is COC(=O)C1=C(C(=O)OC)N(c2c(F)cc(F)c(F)c2Br)COC1. The molecule has 0 bridgehead atoms. The van der Waals surface area contributed by atoms with Crippen molar-refractivity contribution >= 4 is 33.6 Å². The maximum absolute atomic E-state index is 14.2. The van der Waals surface area contributed by atoms with E-state index in [0.29, 0.717) is 6.07 Å². The van der Waals surface area contributed by atoms with Crippen LogP contribution >= 0.6 is 15.9 Å². The van der Waals surface area contributed by atoms with E-state index in [1.54, 1.807) is 0 Å². The molecule has 10 heteroatoms. The molecule has 130 valence electrons. The topological polar surface area (TPSA) is 65.1 Å². The van der Waals surface area contributed by atoms with Gasteiger partial charge in [0.05, 0.1) is 36.6 Å². The Morgan fingerprint density at radius 3 is 2.38 bits per heavy atom. The van der Waals surface area contributed by atoms with Gasteiger partial charge in [0.1, 0.15) is 12.4 Å². The van der Waals surface area contributed by atoms with Gasteiger partial charge in [0.15, 0.2) is 17.5 Å². The van der Waals surface area contributed by atoms with Crippen molar-refractivity contribution in [3.8, 4) is 0 Å². The molecule has 0 aromatic heterocycles. The monoisotopic (exact) mass is 409 g/mol. The zero-order valence-electron chi connectivity index (χ0n) is 12.5. The Bertz CT molecular complexity index is 738. The van der Waals surface area contributed by atoms with Crippen LogP contribution in [0.4, 0.5) is 18.9 Å². The first-order chi connectivity index (χ1) is 11.3. The lowest BCUT2D eigenvalue weighted by Gasteiger charge is -2.32. The Morgan fingerprint density at radius 2 is 1.79 bits per heavy atom. The second kappa shape index (κ2) is 7.22. The lowest BCUT2D eigenvalue weighted by atomic mass is 10.1. The van der Waals surface area contributed by atoms with Crippen LogP contribution in [0, 0.1) is 17.5 Å². The quantitative estimate of drug-likeness (QED) is 0.433. The van der Waals surface area contributed by atoms with E-state index in [-0.39, 0.29) is 17.9 Å². The molecule has 1 aliphatic heterocycles. The molecule has 0 unspecified atom stereocenters. The third-order valence-electron chi connectivity index (χ3n) is 3.19. The van der Waals surface area contributed by atoms with E-state index in [1.807, 2.05) is 0 Å². The Balaban J connectivity index is 2.71. The zero-order valence-corrected chi connectivity index (χ0v) is 14.1. The fourth-order valence-corrected chi connectivity index (χ4v) is 2.72. The summed E-state index contributed by atoms with van der Waals surface area (Å²) in [5, 5.41) is 0. The van der Waals surface area contributed by atoms with Crippen LogP contribution in [0.3, 0.4) is 0 Å². The van der Waals surface area contributed by atoms with E-state index in [4.69, 9.17) is 4.74 Å². The van der Waals surface area contributed by atoms with Crippen molar-refractivity contribution in [3.63, 3.8) is 0 Å². The van der Waals surface area contributed by atoms with Gasteiger partial charge in [-0.1, -0.05) is 0 Å². The van der Waals surface area contributed by atoms with Gasteiger partial charge in [-0.05, 0) is 15.9 Å². The number of anilines is 1. The summed E-state index contributed by atoms with van der Waals surface area (Å²) in [6, 6.07) is 0.316. The summed E-state index contributed by atoms with van der Waals surface area (Å²) in [5.41, 5.74) is -1.15. The molecule has 0 atom stereocenters. The molecular weight excluding hydrogens is 399 g/mol. The molecule has 0 amide bonds. The third kappa shape index (κ3) is 3.11. The number of ether oxygens (including phenoxy) is 3. The number of hydrogen-bond acceptors (Lipinski definition) is 6. The zero-order chi connectivity index (χ0) is 18.0. The van der Waals surface area contributed by atoms with E-state index in [9.17, 15) is 22.8 Å². The molecule has 2 rings (SSSR count). The molecule has 24 heavy (non-hydrogen) atoms. The molecule has 0 saturated heterocycles. The first kappa shape index (κ1) is 18.3. The summed E-state index contributed by atoms with van der Waals surface area (Å²) in [5.74, 6) is -5.84. The predicted octanol–water partition coefficient (Wildman–Crippen LogP) is 2.26. The highest BCUT2D eigenvalue weighted by molar-refractivity contribution is 9.10. The highest BCUT2D eigenvalue weighted by atomic mass is 79.9. The second-order valence-corrected chi connectivity index (χ2v) is 5.33. The molecule has 1 aliphatic rings. The molecule has 0 N–H and O–H groups in total. The van der Waals surface area contributed by atoms with E-state index in [0.717, 1.165) is 19.1 Å². The van der Waals surface area contributed by atoms with E-state index in [1.165, 1.54) is 0 Å². The molecule has 1 heterocycles. The molecule has 0 radical (unpaired) electrons. The van der Waals surface area contributed by atoms with Gasteiger partial charge in [-0.25, -0.2) is 22.8 Å². The van der Waals surface area contributed by atoms with Crippen LogP contribution in [0.1, 0.15) is 0 Å². The lowest BCUT2D eigenvalue weighted by Crippen LogP contribution is -2.39. The minimum atomic E-state index is -1.42. The van der Waals surface area contributed by atoms with Crippen molar-refractivity contribution in [1.82, 2.24) is 0 Å². The van der Waals surface area contributed by atoms with Crippen molar-refractivity contribution in [2.24, 2.45) is 0 Å². The third-order valence-corrected chi connectivity index (χ3v) is 3.92. The fraction of sp³-hybridized carbons (Fsp3) is 0.286. The molecular formula is C14H11BrF3NO5. The maximum atomic E-state index is 14.2. The summed E-state index contributed by atoms with van der Waals surface area (Å²) in [6.45, 7) is -0.692. The maximum Gasteiger partial charge on any atom is 0.355 e. The highest BCUT2D eigenvalue weighted by Gasteiger charge is 2.35. The van der Waals surface area contributed by atoms with Crippen molar-refractivity contribution in [1.29, 1.82) is 0 Å². The molecule has 0 aliphatic carbocycles. The van der Waals surface area contributed by atoms with Gasteiger partial charge in [-0.15, -0.1) is 0 Å². The van der Waals surface area contributed by atoms with Crippen LogP contribution in [0.25, 0.3) is 0 Å². The Morgan fingerprint density at radius 1 is 1.17 bits per heavy atom. The van der Waals surface area contributed by atoms with Crippen molar-refractivity contribution < 1.29 is 37.0 Å². The Hall–Kier alpha value is -2.07. The second-order valence-electron chi connectivity index (χ2n) is 4.53. The van der Waals surface area contributed by atoms with Gasteiger partial charge in [0, 0.05) is 6.07 Å². The molecule has 6 nitrogen and oxygen atoms in total. The van der Waals surface area contributed by atoms with E-state index in [2.05, 4.69) is 25.4 Å². The summed E-state index contributed by atoms with van der Waals surface area (Å²) >= 11 is 2.75. The standard InChI is InChI=1S/C14H11BrF3NO5/c1-22-13(20)6-4-24-5-19(11(6)14(21)23-2)12-8(17)3-7(16)10(18)9(12)15/h3H,4-5H2,1-2H3. The summed E-state index contributed by atoms with van der Waals surface area (Å²) in [6.07, 6.45) is 0. The number of nitrogens with zero attached hydrogens (tertiary/aromatic N) is 1. The first-order valence-electron chi connectivity index (χ1n) is 6.41. The van der Waals surface area contributed by atoms with Crippen LogP contribution in [0.2, 0.25) is 0 Å². The van der Waals surface area contributed by atoms with Gasteiger partial charge in [0.25, 0.3) is 0 Å². The molecule has 1 aromatic rings. The van der Waals surface area contributed by atoms with Gasteiger partial charge >= 0.3 is 11.9 Å². The number of methoxy groups -OCH3 is 2. The number of rotatable bonds is 3. The smallest absolute Gasteiger partial charge is 0.355 e. The molecule has 0 fully saturated rings. The molecule has 1 aromatic carbocycles. The minimum Gasteiger partial charge on any atom is -0.466 e. The molecule has 0 saturated carbocycles. The van der Waals surface area contributed by atoms with Crippen molar-refractivity contribution in [3.05, 3.63) is 39.3 Å². The number of carbonyl (C=O) groups excluding carboxylic acids is 2. The number of halogens is 4. The summed E-state index contributed by atoms with van der Waals surface area (Å²) in [4.78, 5) is 24.8. The van der Waals surface area contributed by atoms with Crippen molar-refractivity contribution in [2.45, 2.75) is 0 Å². The van der Waals surface area contributed by atoms with Gasteiger partial charge in [-0.2, -0.15) is 0 Å². The van der Waals surface area contributed by atoms with Crippen LogP contribution in [0.5, 0.6) is 0 Å². The van der Waals surface area contributed by atoms with Crippen LogP contribution in [-0.4, -0.2) is 39.5 Å². The van der Waals surface area contributed by atoms with Gasteiger partial charge < -0.3 is 19.1 Å². The predicted molar refractivity (Wildman–Crippen MR) is 78.4 cm³/mol. The van der Waals surface area contributed by atoms with Crippen LogP contribution in [-0.2, 0) is 23.8 Å². The van der Waals surface area contributed by atoms with Crippen LogP contribution < -0.4 is 4.90 Å². The number of esters is 2. The largest absolute Gasteiger partial charge is 0.466 e. The Kier molecular flexibility index (Phi) is 5.50. The summed E-state index contributed by atoms with van der Waals surface area (Å²) in [7, 11) is 2.13. The van der Waals surface area contributed by atoms with Crippen LogP contribution in [0.15, 0.2) is 21.8 Å². The van der Waals surface area contributed by atoms with Gasteiger partial charge in [0.2, 0.25) is 0 Å². The Labute approximate surface area is 142 Å². The number of carbonyl (C=O) groups is 2. The first-order valence-corrected chi connectivity index (χ1v) is 7.20. The lowest BCUT2D eigenvalue weighted by molar-refractivity contribution is -0.140. The molecule has 0 spiro atoms. The number of hydrogen-bond donors (Lipinski definition) is 0. The summed E-state index contributed by atoms with van der Waals surface area (Å²) < 4.78 is 55.0. The van der Waals surface area contributed by atoms with Gasteiger partial charge in [-0.3, -0.25) is 0 Å².